The van der Waals surface area contributed by atoms with Gasteiger partial charge in [0.15, 0.2) is 0 Å². The molecule has 0 aliphatic heterocycles. The lowest BCUT2D eigenvalue weighted by Crippen LogP contribution is -2.42. The summed E-state index contributed by atoms with van der Waals surface area (Å²) in [6.45, 7) is 2.52. The lowest BCUT2D eigenvalue weighted by Gasteiger charge is -2.45. The molecule has 0 bridgehead atoms. The molecule has 3 nitrogen and oxygen atoms in total. The molecule has 1 aliphatic carbocycles. The maximum Gasteiger partial charge on any atom is 0.0865 e. The molecule has 3 N–H and O–H groups in total. The zero-order valence-corrected chi connectivity index (χ0v) is 11.3. The average molecular weight is 256 g/mol. The van der Waals surface area contributed by atoms with Gasteiger partial charge in [-0.3, -0.25) is 4.98 Å². The summed E-state index contributed by atoms with van der Waals surface area (Å²) in [6, 6.07) is 10.00. The van der Waals surface area contributed by atoms with E-state index in [4.69, 9.17) is 5.73 Å². The van der Waals surface area contributed by atoms with Gasteiger partial charge in [-0.2, -0.15) is 0 Å². The third-order valence-electron chi connectivity index (χ3n) is 4.51. The van der Waals surface area contributed by atoms with Gasteiger partial charge < -0.3 is 10.8 Å². The van der Waals surface area contributed by atoms with Gasteiger partial charge in [-0.25, -0.2) is 0 Å². The van der Waals surface area contributed by atoms with Crippen molar-refractivity contribution in [2.45, 2.75) is 32.3 Å². The first-order valence-corrected chi connectivity index (χ1v) is 6.91. The number of benzene rings is 1. The largest absolute Gasteiger partial charge is 0.388 e. The Bertz CT molecular complexity index is 599. The van der Waals surface area contributed by atoms with Gasteiger partial charge in [0.05, 0.1) is 11.6 Å². The molecule has 0 spiro atoms. The molecule has 1 fully saturated rings. The summed E-state index contributed by atoms with van der Waals surface area (Å²) in [4.78, 5) is 4.53. The number of nitrogens with two attached hydrogens (primary N) is 1. The SMILES string of the molecule is Cc1cc(C(O)C2(CN)CCC2)c2ccccc2n1. The average Bonchev–Trinajstić information content (AvgIpc) is 2.37. The van der Waals surface area contributed by atoms with Crippen LogP contribution in [0.25, 0.3) is 10.9 Å². The van der Waals surface area contributed by atoms with Crippen LogP contribution in [0.5, 0.6) is 0 Å². The zero-order chi connectivity index (χ0) is 13.5. The molecule has 1 aliphatic rings. The molecule has 1 aromatic carbocycles. The zero-order valence-electron chi connectivity index (χ0n) is 11.3. The molecule has 19 heavy (non-hydrogen) atoms. The summed E-state index contributed by atoms with van der Waals surface area (Å²) in [5.74, 6) is 0. The number of aliphatic hydroxyl groups excluding tert-OH is 1. The van der Waals surface area contributed by atoms with Gasteiger partial charge in [-0.05, 0) is 37.5 Å². The van der Waals surface area contributed by atoms with E-state index in [0.717, 1.165) is 41.4 Å². The second-order valence-electron chi connectivity index (χ2n) is 5.69. The Kier molecular flexibility index (Phi) is 3.03. The third kappa shape index (κ3) is 1.94. The molecule has 1 unspecified atom stereocenters. The quantitative estimate of drug-likeness (QED) is 0.887. The maximum absolute atomic E-state index is 10.8. The fourth-order valence-electron chi connectivity index (χ4n) is 3.12. The summed E-state index contributed by atoms with van der Waals surface area (Å²) >= 11 is 0. The highest BCUT2D eigenvalue weighted by Crippen LogP contribution is 2.50. The number of pyridine rings is 1. The van der Waals surface area contributed by atoms with E-state index in [1.807, 2.05) is 37.3 Å². The van der Waals surface area contributed by atoms with Gasteiger partial charge in [0, 0.05) is 23.0 Å². The van der Waals surface area contributed by atoms with Crippen molar-refractivity contribution in [2.75, 3.05) is 6.54 Å². The lowest BCUT2D eigenvalue weighted by atomic mass is 9.63. The molecule has 1 saturated carbocycles. The van der Waals surface area contributed by atoms with Crippen LogP contribution in [0.1, 0.15) is 36.6 Å². The van der Waals surface area contributed by atoms with Crippen LogP contribution >= 0.6 is 0 Å². The molecule has 1 aromatic heterocycles. The van der Waals surface area contributed by atoms with Crippen LogP contribution in [0.4, 0.5) is 0 Å². The van der Waals surface area contributed by atoms with E-state index in [9.17, 15) is 5.11 Å². The third-order valence-corrected chi connectivity index (χ3v) is 4.51. The molecule has 0 radical (unpaired) electrons. The highest BCUT2D eigenvalue weighted by Gasteiger charge is 2.43. The monoisotopic (exact) mass is 256 g/mol. The minimum Gasteiger partial charge on any atom is -0.388 e. The first-order valence-electron chi connectivity index (χ1n) is 6.91. The van der Waals surface area contributed by atoms with Gasteiger partial charge in [-0.1, -0.05) is 24.6 Å². The van der Waals surface area contributed by atoms with Crippen molar-refractivity contribution in [3.63, 3.8) is 0 Å². The normalized spacial score (nSPS) is 19.1. The van der Waals surface area contributed by atoms with Gasteiger partial charge >= 0.3 is 0 Å². The van der Waals surface area contributed by atoms with Crippen LogP contribution in [0.3, 0.4) is 0 Å². The van der Waals surface area contributed by atoms with E-state index in [0.29, 0.717) is 6.54 Å². The van der Waals surface area contributed by atoms with E-state index < -0.39 is 6.10 Å². The van der Waals surface area contributed by atoms with Crippen LogP contribution in [0, 0.1) is 12.3 Å². The minimum absolute atomic E-state index is 0.128. The van der Waals surface area contributed by atoms with E-state index in [1.165, 1.54) is 0 Å². The molecule has 3 rings (SSSR count). The molecular weight excluding hydrogens is 236 g/mol. The maximum atomic E-state index is 10.8. The molecule has 3 heteroatoms. The molecule has 0 saturated heterocycles. The Morgan fingerprint density at radius 2 is 2.11 bits per heavy atom. The Morgan fingerprint density at radius 1 is 1.37 bits per heavy atom. The van der Waals surface area contributed by atoms with E-state index in [1.54, 1.807) is 0 Å². The van der Waals surface area contributed by atoms with Crippen LogP contribution in [-0.2, 0) is 0 Å². The number of fused-ring (bicyclic) bond motifs is 1. The van der Waals surface area contributed by atoms with E-state index in [-0.39, 0.29) is 5.41 Å². The van der Waals surface area contributed by atoms with Crippen molar-refractivity contribution < 1.29 is 5.11 Å². The number of hydrogen-bond acceptors (Lipinski definition) is 3. The Hall–Kier alpha value is -1.45. The van der Waals surface area contributed by atoms with Crippen molar-refractivity contribution in [1.82, 2.24) is 4.98 Å². The first kappa shape index (κ1) is 12.6. The van der Waals surface area contributed by atoms with Crippen molar-refractivity contribution >= 4 is 10.9 Å². The van der Waals surface area contributed by atoms with Crippen molar-refractivity contribution in [2.24, 2.45) is 11.1 Å². The van der Waals surface area contributed by atoms with E-state index >= 15 is 0 Å². The van der Waals surface area contributed by atoms with E-state index in [2.05, 4.69) is 4.98 Å². The fourth-order valence-corrected chi connectivity index (χ4v) is 3.12. The van der Waals surface area contributed by atoms with Crippen LogP contribution in [0.15, 0.2) is 30.3 Å². The summed E-state index contributed by atoms with van der Waals surface area (Å²) < 4.78 is 0. The van der Waals surface area contributed by atoms with Gasteiger partial charge in [0.1, 0.15) is 0 Å². The van der Waals surface area contributed by atoms with Crippen LogP contribution in [0.2, 0.25) is 0 Å². The Labute approximate surface area is 113 Å². The molecule has 2 aromatic rings. The standard InChI is InChI=1S/C16H20N2O/c1-11-9-13(12-5-2-3-6-14(12)18-11)15(19)16(10-17)7-4-8-16/h2-3,5-6,9,15,19H,4,7-8,10,17H2,1H3. The summed E-state index contributed by atoms with van der Waals surface area (Å²) in [7, 11) is 0. The van der Waals surface area contributed by atoms with Crippen molar-refractivity contribution in [3.8, 4) is 0 Å². The number of aryl methyl sites for hydroxylation is 1. The fraction of sp³-hybridized carbons (Fsp3) is 0.438. The molecule has 0 amide bonds. The summed E-state index contributed by atoms with van der Waals surface area (Å²) in [6.07, 6.45) is 2.70. The number of nitrogens with zero attached hydrogens (tertiary/aromatic N) is 1. The van der Waals surface area contributed by atoms with Crippen LogP contribution < -0.4 is 5.73 Å². The van der Waals surface area contributed by atoms with Crippen LogP contribution in [-0.4, -0.2) is 16.6 Å². The molecule has 1 atom stereocenters. The number of aromatic nitrogens is 1. The van der Waals surface area contributed by atoms with Gasteiger partial charge in [0.2, 0.25) is 0 Å². The summed E-state index contributed by atoms with van der Waals surface area (Å²) in [5, 5.41) is 11.8. The van der Waals surface area contributed by atoms with Gasteiger partial charge in [0.25, 0.3) is 0 Å². The first-order chi connectivity index (χ1) is 9.16. The Morgan fingerprint density at radius 3 is 2.74 bits per heavy atom. The number of aliphatic hydroxyl groups is 1. The smallest absolute Gasteiger partial charge is 0.0865 e. The topological polar surface area (TPSA) is 59.1 Å². The predicted octanol–water partition coefficient (Wildman–Crippen LogP) is 2.71. The minimum atomic E-state index is -0.488. The molecule has 1 heterocycles. The Balaban J connectivity index is 2.14. The number of hydrogen-bond donors (Lipinski definition) is 2. The molecular formula is C16H20N2O. The lowest BCUT2D eigenvalue weighted by molar-refractivity contribution is -0.0288. The number of para-hydroxylation sites is 1. The van der Waals surface area contributed by atoms with Gasteiger partial charge in [-0.15, -0.1) is 0 Å². The number of rotatable bonds is 3. The second-order valence-corrected chi connectivity index (χ2v) is 5.69. The second kappa shape index (κ2) is 4.58. The van der Waals surface area contributed by atoms with Crippen molar-refractivity contribution in [3.05, 3.63) is 41.6 Å². The summed E-state index contributed by atoms with van der Waals surface area (Å²) in [5.41, 5.74) is 8.66. The van der Waals surface area contributed by atoms with Crippen molar-refractivity contribution in [1.29, 1.82) is 0 Å². The highest BCUT2D eigenvalue weighted by molar-refractivity contribution is 5.82. The molecule has 100 valence electrons. The predicted molar refractivity (Wildman–Crippen MR) is 76.8 cm³/mol. The highest BCUT2D eigenvalue weighted by atomic mass is 16.3.